The van der Waals surface area contributed by atoms with Crippen molar-refractivity contribution in [2.45, 2.75) is 13.0 Å². The monoisotopic (exact) mass is 490 g/mol. The number of anilines is 1. The van der Waals surface area contributed by atoms with E-state index in [9.17, 15) is 14.3 Å². The van der Waals surface area contributed by atoms with Crippen molar-refractivity contribution in [1.29, 1.82) is 0 Å². The molecule has 7 nitrogen and oxygen atoms in total. The molecule has 0 amide bonds. The van der Waals surface area contributed by atoms with Crippen LogP contribution in [0, 0.1) is 5.82 Å². The van der Waals surface area contributed by atoms with E-state index in [0.717, 1.165) is 34.6 Å². The van der Waals surface area contributed by atoms with Crippen LogP contribution in [0.1, 0.15) is 21.7 Å². The lowest BCUT2D eigenvalue weighted by Crippen LogP contribution is -2.26. The highest BCUT2D eigenvalue weighted by Crippen LogP contribution is 2.32. The second-order valence-electron chi connectivity index (χ2n) is 8.20. The second-order valence-corrected chi connectivity index (χ2v) is 9.18. The minimum absolute atomic E-state index is 0.213. The standard InChI is InChI=1S/C26H23FN4O3S/c1-30-22-14-17(25(32)33)8-11-20(22)28-23(30)15-31(13-12-16-6-9-18(34-2)10-7-16)26-29-21-5-3-4-19(27)24(21)35-26/h3-11,14H,12-13,15H2,1-2H3,(H,32,33). The Labute approximate surface area is 205 Å². The van der Waals surface area contributed by atoms with E-state index in [1.54, 1.807) is 31.4 Å². The molecule has 2 heterocycles. The van der Waals surface area contributed by atoms with Crippen LogP contribution in [-0.4, -0.2) is 39.3 Å². The van der Waals surface area contributed by atoms with Gasteiger partial charge in [0.15, 0.2) is 5.13 Å². The van der Waals surface area contributed by atoms with Crippen LogP contribution in [-0.2, 0) is 20.0 Å². The molecule has 0 saturated carbocycles. The molecule has 0 bridgehead atoms. The predicted octanol–water partition coefficient (Wildman–Crippen LogP) is 5.28. The van der Waals surface area contributed by atoms with E-state index in [2.05, 4.69) is 4.90 Å². The topological polar surface area (TPSA) is 80.5 Å². The summed E-state index contributed by atoms with van der Waals surface area (Å²) in [5, 5.41) is 10.1. The minimum atomic E-state index is -0.979. The van der Waals surface area contributed by atoms with Gasteiger partial charge in [0.2, 0.25) is 0 Å². The van der Waals surface area contributed by atoms with Crippen LogP contribution >= 0.6 is 11.3 Å². The van der Waals surface area contributed by atoms with Crippen molar-refractivity contribution in [3.05, 3.63) is 83.4 Å². The first-order valence-electron chi connectivity index (χ1n) is 11.0. The number of halogens is 1. The van der Waals surface area contributed by atoms with E-state index in [1.807, 2.05) is 41.9 Å². The number of rotatable bonds is 8. The number of aryl methyl sites for hydroxylation is 1. The number of imidazole rings is 1. The third-order valence-electron chi connectivity index (χ3n) is 6.01. The maximum absolute atomic E-state index is 14.4. The molecule has 0 spiro atoms. The first kappa shape index (κ1) is 22.8. The van der Waals surface area contributed by atoms with Gasteiger partial charge in [0, 0.05) is 13.6 Å². The van der Waals surface area contributed by atoms with E-state index < -0.39 is 5.97 Å². The summed E-state index contributed by atoms with van der Waals surface area (Å²) in [5.74, 6) is 0.294. The van der Waals surface area contributed by atoms with Gasteiger partial charge in [-0.25, -0.2) is 19.2 Å². The maximum Gasteiger partial charge on any atom is 0.335 e. The molecule has 0 fully saturated rings. The zero-order chi connectivity index (χ0) is 24.5. The zero-order valence-corrected chi connectivity index (χ0v) is 20.1. The van der Waals surface area contributed by atoms with Crippen molar-refractivity contribution >= 4 is 43.7 Å². The molecule has 5 aromatic rings. The Kier molecular flexibility index (Phi) is 6.08. The predicted molar refractivity (Wildman–Crippen MR) is 135 cm³/mol. The minimum Gasteiger partial charge on any atom is -0.497 e. The molecule has 0 aliphatic rings. The highest BCUT2D eigenvalue weighted by molar-refractivity contribution is 7.22. The molecular formula is C26H23FN4O3S. The Bertz CT molecular complexity index is 1530. The molecule has 2 aromatic heterocycles. The number of aromatic nitrogens is 3. The molecule has 9 heteroatoms. The van der Waals surface area contributed by atoms with Crippen LogP contribution < -0.4 is 9.64 Å². The number of fused-ring (bicyclic) bond motifs is 2. The molecular weight excluding hydrogens is 467 g/mol. The van der Waals surface area contributed by atoms with Crippen molar-refractivity contribution < 1.29 is 19.0 Å². The molecule has 1 N–H and O–H groups in total. The fraction of sp³-hybridized carbons (Fsp3) is 0.192. The SMILES string of the molecule is COc1ccc(CCN(Cc2nc3ccc(C(=O)O)cc3n2C)c2nc3cccc(F)c3s2)cc1. The average molecular weight is 491 g/mol. The van der Waals surface area contributed by atoms with Crippen molar-refractivity contribution in [2.75, 3.05) is 18.6 Å². The van der Waals surface area contributed by atoms with Gasteiger partial charge in [-0.15, -0.1) is 0 Å². The van der Waals surface area contributed by atoms with Gasteiger partial charge < -0.3 is 19.3 Å². The van der Waals surface area contributed by atoms with Crippen molar-refractivity contribution in [3.8, 4) is 5.75 Å². The summed E-state index contributed by atoms with van der Waals surface area (Å²) in [6.07, 6.45) is 0.746. The van der Waals surface area contributed by atoms with Crippen molar-refractivity contribution in [3.63, 3.8) is 0 Å². The Hall–Kier alpha value is -3.98. The van der Waals surface area contributed by atoms with Gasteiger partial charge in [0.1, 0.15) is 17.4 Å². The van der Waals surface area contributed by atoms with E-state index in [-0.39, 0.29) is 11.4 Å². The number of thiazole rings is 1. The largest absolute Gasteiger partial charge is 0.497 e. The number of benzene rings is 3. The molecule has 5 rings (SSSR count). The Morgan fingerprint density at radius 1 is 1.11 bits per heavy atom. The highest BCUT2D eigenvalue weighted by Gasteiger charge is 2.19. The summed E-state index contributed by atoms with van der Waals surface area (Å²) in [6.45, 7) is 1.07. The van der Waals surface area contributed by atoms with E-state index in [1.165, 1.54) is 17.4 Å². The van der Waals surface area contributed by atoms with Crippen LogP contribution in [0.15, 0.2) is 60.7 Å². The number of carboxylic acids is 1. The van der Waals surface area contributed by atoms with E-state index in [4.69, 9.17) is 14.7 Å². The lowest BCUT2D eigenvalue weighted by Gasteiger charge is -2.21. The van der Waals surface area contributed by atoms with Gasteiger partial charge in [-0.3, -0.25) is 0 Å². The molecule has 0 aliphatic carbocycles. The number of aromatic carboxylic acids is 1. The number of methoxy groups -OCH3 is 1. The van der Waals surface area contributed by atoms with Crippen LogP contribution in [0.25, 0.3) is 21.3 Å². The fourth-order valence-corrected chi connectivity index (χ4v) is 5.02. The lowest BCUT2D eigenvalue weighted by molar-refractivity contribution is 0.0697. The summed E-state index contributed by atoms with van der Waals surface area (Å²) in [5.41, 5.74) is 3.43. The first-order chi connectivity index (χ1) is 16.9. The van der Waals surface area contributed by atoms with Gasteiger partial charge in [0.05, 0.1) is 40.5 Å². The summed E-state index contributed by atoms with van der Waals surface area (Å²) in [7, 11) is 3.51. The number of carboxylic acid groups (broad SMARTS) is 1. The average Bonchev–Trinajstić information content (AvgIpc) is 3.44. The fourth-order valence-electron chi connectivity index (χ4n) is 4.02. The summed E-state index contributed by atoms with van der Waals surface area (Å²) >= 11 is 1.32. The molecule has 0 saturated heterocycles. The Morgan fingerprint density at radius 2 is 1.91 bits per heavy atom. The van der Waals surface area contributed by atoms with Gasteiger partial charge in [-0.1, -0.05) is 29.5 Å². The highest BCUT2D eigenvalue weighted by atomic mass is 32.1. The normalized spacial score (nSPS) is 11.3. The molecule has 35 heavy (non-hydrogen) atoms. The molecule has 0 aliphatic heterocycles. The van der Waals surface area contributed by atoms with Gasteiger partial charge in [-0.2, -0.15) is 0 Å². The molecule has 0 atom stereocenters. The second kappa shape index (κ2) is 9.34. The summed E-state index contributed by atoms with van der Waals surface area (Å²) < 4.78 is 22.1. The number of hydrogen-bond acceptors (Lipinski definition) is 6. The summed E-state index contributed by atoms with van der Waals surface area (Å²) in [4.78, 5) is 22.9. The Morgan fingerprint density at radius 3 is 2.63 bits per heavy atom. The first-order valence-corrected chi connectivity index (χ1v) is 11.9. The molecule has 0 radical (unpaired) electrons. The lowest BCUT2D eigenvalue weighted by atomic mass is 10.1. The van der Waals surface area contributed by atoms with Gasteiger partial charge in [0.25, 0.3) is 0 Å². The number of carbonyl (C=O) groups is 1. The molecule has 3 aromatic carbocycles. The quantitative estimate of drug-likeness (QED) is 0.319. The van der Waals surface area contributed by atoms with Crippen molar-refractivity contribution in [1.82, 2.24) is 14.5 Å². The molecule has 178 valence electrons. The van der Waals surface area contributed by atoms with Crippen molar-refractivity contribution in [2.24, 2.45) is 7.05 Å². The van der Waals surface area contributed by atoms with Crippen LogP contribution in [0.3, 0.4) is 0 Å². The third kappa shape index (κ3) is 4.54. The van der Waals surface area contributed by atoms with E-state index in [0.29, 0.717) is 28.4 Å². The summed E-state index contributed by atoms with van der Waals surface area (Å²) in [6, 6.07) is 17.7. The number of ether oxygens (including phenoxy) is 1. The zero-order valence-electron chi connectivity index (χ0n) is 19.2. The molecule has 0 unspecified atom stereocenters. The van der Waals surface area contributed by atoms with Crippen LogP contribution in [0.4, 0.5) is 9.52 Å². The van der Waals surface area contributed by atoms with Gasteiger partial charge >= 0.3 is 5.97 Å². The van der Waals surface area contributed by atoms with E-state index >= 15 is 0 Å². The Balaban J connectivity index is 1.49. The van der Waals surface area contributed by atoms with Gasteiger partial charge in [-0.05, 0) is 54.4 Å². The smallest absolute Gasteiger partial charge is 0.335 e. The third-order valence-corrected chi connectivity index (χ3v) is 7.15. The number of hydrogen-bond donors (Lipinski definition) is 1. The maximum atomic E-state index is 14.4. The number of nitrogens with zero attached hydrogens (tertiary/aromatic N) is 4. The van der Waals surface area contributed by atoms with Crippen LogP contribution in [0.5, 0.6) is 5.75 Å². The van der Waals surface area contributed by atoms with Crippen LogP contribution in [0.2, 0.25) is 0 Å².